The molecule has 0 amide bonds. The third-order valence-electron chi connectivity index (χ3n) is 2.04. The summed E-state index contributed by atoms with van der Waals surface area (Å²) in [6, 6.07) is 0. The predicted octanol–water partition coefficient (Wildman–Crippen LogP) is 5.21. The molecule has 0 heterocycles. The second-order valence-corrected chi connectivity index (χ2v) is 20.1. The normalized spacial score (nSPS) is 12.0. The number of rotatable bonds is 7. The van der Waals surface area contributed by atoms with Crippen LogP contribution < -0.4 is 0 Å². The summed E-state index contributed by atoms with van der Waals surface area (Å²) in [5.74, 6) is 0. The van der Waals surface area contributed by atoms with Gasteiger partial charge in [-0.3, -0.25) is 0 Å². The molecule has 1 radical (unpaired) electrons. The quantitative estimate of drug-likeness (QED) is 0.581. The standard InChI is InChI=1S/C9H21AsBrS/c1-4-7-10(12-11,8-5-2)9-6-3/h4-9H2,1-3H3. The first-order valence-electron chi connectivity index (χ1n) is 4.91. The van der Waals surface area contributed by atoms with Crippen molar-refractivity contribution in [1.82, 2.24) is 0 Å². The third kappa shape index (κ3) is 4.58. The molecule has 0 bridgehead atoms. The van der Waals surface area contributed by atoms with Crippen molar-refractivity contribution in [2.75, 3.05) is 0 Å². The Kier molecular flexibility index (Phi) is 8.66. The van der Waals surface area contributed by atoms with Gasteiger partial charge in [0.15, 0.2) is 0 Å². The molecule has 0 rings (SSSR count). The van der Waals surface area contributed by atoms with E-state index in [1.54, 1.807) is 0 Å². The van der Waals surface area contributed by atoms with Crippen molar-refractivity contribution in [2.24, 2.45) is 0 Å². The molecule has 0 aliphatic rings. The van der Waals surface area contributed by atoms with E-state index in [1.165, 1.54) is 34.9 Å². The molecule has 75 valence electrons. The van der Waals surface area contributed by atoms with Gasteiger partial charge >= 0.3 is 91.3 Å². The second kappa shape index (κ2) is 7.76. The summed E-state index contributed by atoms with van der Waals surface area (Å²) in [4.78, 5) is 0. The van der Waals surface area contributed by atoms with Gasteiger partial charge in [0.05, 0.1) is 0 Å². The molecule has 0 saturated heterocycles. The van der Waals surface area contributed by atoms with Gasteiger partial charge < -0.3 is 0 Å². The number of hydrogen-bond acceptors (Lipinski definition) is 1. The van der Waals surface area contributed by atoms with E-state index >= 15 is 0 Å². The maximum atomic E-state index is 3.67. The molecule has 0 aromatic heterocycles. The van der Waals surface area contributed by atoms with Crippen LogP contribution in [0.5, 0.6) is 0 Å². The van der Waals surface area contributed by atoms with Crippen LogP contribution in [-0.4, -0.2) is 12.4 Å². The molecule has 0 aliphatic heterocycles. The Morgan fingerprint density at radius 2 is 1.25 bits per heavy atom. The second-order valence-electron chi connectivity index (χ2n) is 3.30. The van der Waals surface area contributed by atoms with E-state index in [1.807, 2.05) is 0 Å². The van der Waals surface area contributed by atoms with E-state index in [0.29, 0.717) is 0 Å². The summed E-state index contributed by atoms with van der Waals surface area (Å²) < 4.78 is 0. The fourth-order valence-electron chi connectivity index (χ4n) is 1.66. The summed E-state index contributed by atoms with van der Waals surface area (Å²) in [7, 11) is 2.08. The zero-order chi connectivity index (χ0) is 9.45. The fraction of sp³-hybridized carbons (Fsp3) is 1.00. The number of hydrogen-bond donors (Lipinski definition) is 0. The van der Waals surface area contributed by atoms with Crippen LogP contribution >= 0.6 is 23.3 Å². The summed E-state index contributed by atoms with van der Waals surface area (Å²) in [5, 5.41) is 4.57. The van der Waals surface area contributed by atoms with Crippen molar-refractivity contribution in [3.05, 3.63) is 0 Å². The van der Waals surface area contributed by atoms with Crippen LogP contribution in [0.3, 0.4) is 0 Å². The van der Waals surface area contributed by atoms with Gasteiger partial charge in [-0.2, -0.15) is 0 Å². The molecule has 0 atom stereocenters. The summed E-state index contributed by atoms with van der Waals surface area (Å²) in [6.07, 6.45) is 4.14. The molecule has 0 nitrogen and oxygen atoms in total. The summed E-state index contributed by atoms with van der Waals surface area (Å²) in [6.45, 7) is 6.97. The molecule has 0 spiro atoms. The molecular weight excluding hydrogens is 295 g/mol. The SMILES string of the molecule is CCC[As](CCC)(CCC)SBr. The minimum atomic E-state index is -1.28. The first-order chi connectivity index (χ1) is 5.74. The van der Waals surface area contributed by atoms with Crippen molar-refractivity contribution in [2.45, 2.75) is 55.7 Å². The van der Waals surface area contributed by atoms with E-state index in [-0.39, 0.29) is 0 Å². The van der Waals surface area contributed by atoms with Crippen LogP contribution in [0.2, 0.25) is 15.6 Å². The van der Waals surface area contributed by atoms with Gasteiger partial charge in [0.2, 0.25) is 0 Å². The van der Waals surface area contributed by atoms with E-state index < -0.39 is 12.4 Å². The van der Waals surface area contributed by atoms with E-state index in [2.05, 4.69) is 44.0 Å². The maximum absolute atomic E-state index is 3.67. The Labute approximate surface area is 90.9 Å². The zero-order valence-electron chi connectivity index (χ0n) is 8.48. The monoisotopic (exact) mass is 315 g/mol. The summed E-state index contributed by atoms with van der Waals surface area (Å²) >= 11 is 2.39. The van der Waals surface area contributed by atoms with Crippen molar-refractivity contribution in [1.29, 1.82) is 0 Å². The molecule has 0 saturated carbocycles. The van der Waals surface area contributed by atoms with Gasteiger partial charge in [0.25, 0.3) is 0 Å². The van der Waals surface area contributed by atoms with Gasteiger partial charge in [-0.1, -0.05) is 0 Å². The van der Waals surface area contributed by atoms with Crippen molar-refractivity contribution in [3.8, 4) is 0 Å². The van der Waals surface area contributed by atoms with Crippen LogP contribution in [0.4, 0.5) is 0 Å². The van der Waals surface area contributed by atoms with Gasteiger partial charge in [-0.25, -0.2) is 0 Å². The van der Waals surface area contributed by atoms with Gasteiger partial charge in [0.1, 0.15) is 0 Å². The van der Waals surface area contributed by atoms with E-state index in [0.717, 1.165) is 0 Å². The molecule has 0 N–H and O–H groups in total. The van der Waals surface area contributed by atoms with Crippen LogP contribution in [0.15, 0.2) is 0 Å². The van der Waals surface area contributed by atoms with Gasteiger partial charge in [-0.15, -0.1) is 0 Å². The molecular formula is C9H21AsBrS. The Hall–Kier alpha value is 1.39. The van der Waals surface area contributed by atoms with Crippen LogP contribution in [0, 0.1) is 0 Å². The Morgan fingerprint density at radius 1 is 0.917 bits per heavy atom. The van der Waals surface area contributed by atoms with Crippen LogP contribution in [0.1, 0.15) is 40.0 Å². The van der Waals surface area contributed by atoms with Gasteiger partial charge in [0, 0.05) is 0 Å². The molecule has 0 unspecified atom stereocenters. The van der Waals surface area contributed by atoms with Crippen LogP contribution in [-0.2, 0) is 0 Å². The Balaban J connectivity index is 4.06. The Bertz CT molecular complexity index is 91.7. The van der Waals surface area contributed by atoms with Crippen LogP contribution in [0.25, 0.3) is 0 Å². The third-order valence-corrected chi connectivity index (χ3v) is 24.5. The molecule has 3 heteroatoms. The van der Waals surface area contributed by atoms with E-state index in [4.69, 9.17) is 0 Å². The van der Waals surface area contributed by atoms with Crippen molar-refractivity contribution < 1.29 is 0 Å². The Morgan fingerprint density at radius 3 is 1.42 bits per heavy atom. The average molecular weight is 316 g/mol. The van der Waals surface area contributed by atoms with Crippen molar-refractivity contribution >= 4 is 35.7 Å². The molecule has 0 aromatic rings. The molecule has 0 aliphatic carbocycles. The zero-order valence-corrected chi connectivity index (χ0v) is 12.8. The fourth-order valence-corrected chi connectivity index (χ4v) is 19.3. The molecule has 12 heavy (non-hydrogen) atoms. The first-order valence-corrected chi connectivity index (χ1v) is 13.8. The summed E-state index contributed by atoms with van der Waals surface area (Å²) in [5.41, 5.74) is 0. The number of halogens is 1. The van der Waals surface area contributed by atoms with Crippen molar-refractivity contribution in [3.63, 3.8) is 0 Å². The average Bonchev–Trinajstić information content (AvgIpc) is 2.06. The van der Waals surface area contributed by atoms with Gasteiger partial charge in [-0.05, 0) is 0 Å². The van der Waals surface area contributed by atoms with E-state index in [9.17, 15) is 0 Å². The molecule has 0 fully saturated rings. The first kappa shape index (κ1) is 13.4. The topological polar surface area (TPSA) is 0 Å². The predicted molar refractivity (Wildman–Crippen MR) is 67.6 cm³/mol. The minimum absolute atomic E-state index is 1.28. The molecule has 0 aromatic carbocycles.